The Labute approximate surface area is 114 Å². The van der Waals surface area contributed by atoms with Crippen LogP contribution >= 0.6 is 0 Å². The third-order valence-corrected chi connectivity index (χ3v) is 3.18. The van der Waals surface area contributed by atoms with Crippen LogP contribution in [0.1, 0.15) is 30.5 Å². The van der Waals surface area contributed by atoms with Crippen molar-refractivity contribution in [3.05, 3.63) is 59.2 Å². The summed E-state index contributed by atoms with van der Waals surface area (Å²) >= 11 is 0. The summed E-state index contributed by atoms with van der Waals surface area (Å²) in [6.07, 6.45) is 4.21. The van der Waals surface area contributed by atoms with Crippen molar-refractivity contribution in [1.29, 1.82) is 0 Å². The molecule has 0 aliphatic rings. The molecule has 0 bridgehead atoms. The molecule has 19 heavy (non-hydrogen) atoms. The maximum absolute atomic E-state index is 13.1. The lowest BCUT2D eigenvalue weighted by atomic mass is 10.1. The molecule has 102 valence electrons. The molecular weight excluding hydrogens is 239 g/mol. The molecule has 0 radical (unpaired) electrons. The number of hydrogen-bond donors (Lipinski definition) is 1. The highest BCUT2D eigenvalue weighted by Gasteiger charge is 2.03. The number of halogens is 1. The van der Waals surface area contributed by atoms with Gasteiger partial charge in [0.1, 0.15) is 5.82 Å². The molecule has 0 amide bonds. The Kier molecular flexibility index (Phi) is 4.38. The highest BCUT2D eigenvalue weighted by Crippen LogP contribution is 2.13. The van der Waals surface area contributed by atoms with Crippen LogP contribution in [0.25, 0.3) is 0 Å². The molecule has 0 unspecified atom stereocenters. The lowest BCUT2D eigenvalue weighted by Crippen LogP contribution is -2.21. The summed E-state index contributed by atoms with van der Waals surface area (Å²) in [5.41, 5.74) is 3.42. The fourth-order valence-electron chi connectivity index (χ4n) is 2.05. The molecule has 0 saturated heterocycles. The summed E-state index contributed by atoms with van der Waals surface area (Å²) in [4.78, 5) is 0. The Morgan fingerprint density at radius 1 is 1.26 bits per heavy atom. The van der Waals surface area contributed by atoms with E-state index in [9.17, 15) is 4.39 Å². The van der Waals surface area contributed by atoms with E-state index in [2.05, 4.69) is 42.2 Å². The first kappa shape index (κ1) is 13.8. The van der Waals surface area contributed by atoms with E-state index in [0.29, 0.717) is 6.04 Å². The van der Waals surface area contributed by atoms with Gasteiger partial charge in [-0.25, -0.2) is 4.39 Å². The third kappa shape index (κ3) is 3.93. The lowest BCUT2D eigenvalue weighted by molar-refractivity contribution is 0.588. The minimum absolute atomic E-state index is 0.171. The zero-order valence-corrected chi connectivity index (χ0v) is 11.8. The van der Waals surface area contributed by atoms with Gasteiger partial charge in [0, 0.05) is 31.5 Å². The van der Waals surface area contributed by atoms with Crippen LogP contribution in [0, 0.1) is 12.7 Å². The molecule has 1 aromatic heterocycles. The van der Waals surface area contributed by atoms with Crippen LogP contribution in [0.4, 0.5) is 4.39 Å². The molecular formula is C16H21FN2. The fraction of sp³-hybridized carbons (Fsp3) is 0.375. The molecule has 0 aliphatic carbocycles. The van der Waals surface area contributed by atoms with Crippen molar-refractivity contribution >= 4 is 0 Å². The van der Waals surface area contributed by atoms with E-state index in [1.807, 2.05) is 13.0 Å². The number of rotatable bonds is 5. The summed E-state index contributed by atoms with van der Waals surface area (Å²) in [5, 5.41) is 3.39. The number of nitrogens with zero attached hydrogens (tertiary/aromatic N) is 1. The second kappa shape index (κ2) is 6.02. The largest absolute Gasteiger partial charge is 0.350 e. The topological polar surface area (TPSA) is 17.0 Å². The Morgan fingerprint density at radius 3 is 2.74 bits per heavy atom. The minimum atomic E-state index is -0.171. The normalized spacial score (nSPS) is 11.2. The molecule has 0 aliphatic heterocycles. The molecule has 3 heteroatoms. The van der Waals surface area contributed by atoms with Gasteiger partial charge in [0.2, 0.25) is 0 Å². The molecule has 0 atom stereocenters. The van der Waals surface area contributed by atoms with Crippen LogP contribution in [0.5, 0.6) is 0 Å². The van der Waals surface area contributed by atoms with Crippen LogP contribution < -0.4 is 5.32 Å². The van der Waals surface area contributed by atoms with Crippen LogP contribution in [0.15, 0.2) is 36.7 Å². The van der Waals surface area contributed by atoms with E-state index in [4.69, 9.17) is 0 Å². The Morgan fingerprint density at radius 2 is 2.05 bits per heavy atom. The van der Waals surface area contributed by atoms with Crippen molar-refractivity contribution in [2.45, 2.75) is 39.9 Å². The number of benzene rings is 1. The smallest absolute Gasteiger partial charge is 0.123 e. The fourth-order valence-corrected chi connectivity index (χ4v) is 2.05. The van der Waals surface area contributed by atoms with Crippen molar-refractivity contribution in [3.8, 4) is 0 Å². The molecule has 2 rings (SSSR count). The van der Waals surface area contributed by atoms with Crippen molar-refractivity contribution in [2.75, 3.05) is 0 Å². The molecule has 2 aromatic rings. The van der Waals surface area contributed by atoms with Gasteiger partial charge in [-0.05, 0) is 41.8 Å². The number of nitrogens with one attached hydrogen (secondary N) is 1. The van der Waals surface area contributed by atoms with Gasteiger partial charge in [-0.15, -0.1) is 0 Å². The Balaban J connectivity index is 2.03. The maximum Gasteiger partial charge on any atom is 0.123 e. The molecule has 0 saturated carbocycles. The highest BCUT2D eigenvalue weighted by molar-refractivity contribution is 5.27. The van der Waals surface area contributed by atoms with E-state index in [1.54, 1.807) is 6.07 Å². The minimum Gasteiger partial charge on any atom is -0.350 e. The van der Waals surface area contributed by atoms with Crippen LogP contribution in [0.2, 0.25) is 0 Å². The van der Waals surface area contributed by atoms with Crippen molar-refractivity contribution in [2.24, 2.45) is 0 Å². The van der Waals surface area contributed by atoms with Crippen LogP contribution in [0.3, 0.4) is 0 Å². The van der Waals surface area contributed by atoms with Gasteiger partial charge in [0.15, 0.2) is 0 Å². The van der Waals surface area contributed by atoms with Crippen LogP contribution in [-0.4, -0.2) is 10.6 Å². The Bertz CT molecular complexity index is 543. The average Bonchev–Trinajstić information content (AvgIpc) is 2.78. The number of aryl methyl sites for hydroxylation is 1. The van der Waals surface area contributed by atoms with E-state index in [-0.39, 0.29) is 5.82 Å². The summed E-state index contributed by atoms with van der Waals surface area (Å²) in [7, 11) is 0. The number of aromatic nitrogens is 1. The first-order valence-corrected chi connectivity index (χ1v) is 6.67. The zero-order chi connectivity index (χ0) is 13.8. The van der Waals surface area contributed by atoms with E-state index in [1.165, 1.54) is 11.6 Å². The Hall–Kier alpha value is -1.61. The maximum atomic E-state index is 13.1. The number of hydrogen-bond acceptors (Lipinski definition) is 1. The van der Waals surface area contributed by atoms with Crippen molar-refractivity contribution < 1.29 is 4.39 Å². The zero-order valence-electron chi connectivity index (χ0n) is 11.8. The van der Waals surface area contributed by atoms with E-state index in [0.717, 1.165) is 24.2 Å². The van der Waals surface area contributed by atoms with Gasteiger partial charge in [-0.3, -0.25) is 0 Å². The summed E-state index contributed by atoms with van der Waals surface area (Å²) < 4.78 is 15.2. The second-order valence-electron chi connectivity index (χ2n) is 5.30. The first-order valence-electron chi connectivity index (χ1n) is 6.67. The van der Waals surface area contributed by atoms with Gasteiger partial charge in [0.05, 0.1) is 0 Å². The SMILES string of the molecule is Cc1cc(F)ccc1Cn1ccc(CNC(C)C)c1. The molecule has 1 aromatic carbocycles. The summed E-state index contributed by atoms with van der Waals surface area (Å²) in [5.74, 6) is -0.171. The summed E-state index contributed by atoms with van der Waals surface area (Å²) in [6.45, 7) is 7.89. The average molecular weight is 260 g/mol. The quantitative estimate of drug-likeness (QED) is 0.871. The van der Waals surface area contributed by atoms with Crippen molar-refractivity contribution in [1.82, 2.24) is 9.88 Å². The standard InChI is InChI=1S/C16H21FN2/c1-12(2)18-9-14-6-7-19(10-14)11-15-4-5-16(17)8-13(15)3/h4-8,10,12,18H,9,11H2,1-3H3. The molecule has 0 spiro atoms. The molecule has 1 N–H and O–H groups in total. The monoisotopic (exact) mass is 260 g/mol. The molecule has 0 fully saturated rings. The first-order chi connectivity index (χ1) is 9.04. The van der Waals surface area contributed by atoms with Gasteiger partial charge < -0.3 is 9.88 Å². The predicted molar refractivity (Wildman–Crippen MR) is 76.6 cm³/mol. The highest BCUT2D eigenvalue weighted by atomic mass is 19.1. The molecule has 1 heterocycles. The third-order valence-electron chi connectivity index (χ3n) is 3.18. The van der Waals surface area contributed by atoms with Crippen molar-refractivity contribution in [3.63, 3.8) is 0 Å². The second-order valence-corrected chi connectivity index (χ2v) is 5.30. The predicted octanol–water partition coefficient (Wildman–Crippen LogP) is 3.48. The van der Waals surface area contributed by atoms with Gasteiger partial charge in [-0.1, -0.05) is 19.9 Å². The van der Waals surface area contributed by atoms with Gasteiger partial charge in [-0.2, -0.15) is 0 Å². The van der Waals surface area contributed by atoms with E-state index < -0.39 is 0 Å². The van der Waals surface area contributed by atoms with Gasteiger partial charge in [0.25, 0.3) is 0 Å². The van der Waals surface area contributed by atoms with Gasteiger partial charge >= 0.3 is 0 Å². The lowest BCUT2D eigenvalue weighted by Gasteiger charge is -2.08. The molecule has 2 nitrogen and oxygen atoms in total. The van der Waals surface area contributed by atoms with E-state index >= 15 is 0 Å². The van der Waals surface area contributed by atoms with Crippen LogP contribution in [-0.2, 0) is 13.1 Å². The summed E-state index contributed by atoms with van der Waals surface area (Å²) in [6, 6.07) is 7.57.